The molecule has 2 nitrogen and oxygen atoms in total. The van der Waals surface area contributed by atoms with Crippen LogP contribution >= 0.6 is 12.6 Å². The highest BCUT2D eigenvalue weighted by Crippen LogP contribution is 2.25. The second kappa shape index (κ2) is 9.71. The smallest absolute Gasteiger partial charge is 0.305 e. The minimum Gasteiger partial charge on any atom is -0.466 e. The van der Waals surface area contributed by atoms with E-state index in [0.29, 0.717) is 24.4 Å². The molecule has 0 saturated carbocycles. The van der Waals surface area contributed by atoms with Gasteiger partial charge in [-0.1, -0.05) is 34.1 Å². The fourth-order valence-corrected chi connectivity index (χ4v) is 2.38. The van der Waals surface area contributed by atoms with Gasteiger partial charge >= 0.3 is 5.97 Å². The fourth-order valence-electron chi connectivity index (χ4n) is 2.15. The molecule has 0 spiro atoms. The first kappa shape index (κ1) is 17.8. The van der Waals surface area contributed by atoms with E-state index in [-0.39, 0.29) is 5.97 Å². The van der Waals surface area contributed by atoms with Crippen molar-refractivity contribution < 1.29 is 9.53 Å². The van der Waals surface area contributed by atoms with Crippen molar-refractivity contribution in [1.82, 2.24) is 0 Å². The summed E-state index contributed by atoms with van der Waals surface area (Å²) in [7, 11) is 0. The normalized spacial score (nSPS) is 13.4. The lowest BCUT2D eigenvalue weighted by molar-refractivity contribution is -0.144. The Hall–Kier alpha value is -0.180. The van der Waals surface area contributed by atoms with Crippen molar-refractivity contribution in [1.29, 1.82) is 0 Å². The predicted molar refractivity (Wildman–Crippen MR) is 81.1 cm³/mol. The van der Waals surface area contributed by atoms with Crippen molar-refractivity contribution in [3.8, 4) is 0 Å². The Morgan fingerprint density at radius 1 is 1.22 bits per heavy atom. The molecule has 3 heteroatoms. The van der Waals surface area contributed by atoms with Crippen LogP contribution in [0, 0.1) is 11.3 Å². The quantitative estimate of drug-likeness (QED) is 0.381. The van der Waals surface area contributed by atoms with Crippen molar-refractivity contribution in [2.75, 3.05) is 12.4 Å². The maximum atomic E-state index is 11.4. The predicted octanol–water partition coefficient (Wildman–Crippen LogP) is 4.48. The summed E-state index contributed by atoms with van der Waals surface area (Å²) in [5.41, 5.74) is 0.357. The molecule has 0 aromatic heterocycles. The lowest BCUT2D eigenvalue weighted by atomic mass is 9.84. The molecule has 0 rings (SSSR count). The topological polar surface area (TPSA) is 26.3 Å². The molecular weight excluding hydrogens is 244 g/mol. The van der Waals surface area contributed by atoms with E-state index in [9.17, 15) is 4.79 Å². The van der Waals surface area contributed by atoms with Crippen LogP contribution < -0.4 is 0 Å². The SMILES string of the molecule is CC(CCOC(=O)CCCCCS)CC(C)(C)C. The average Bonchev–Trinajstić information content (AvgIpc) is 2.22. The summed E-state index contributed by atoms with van der Waals surface area (Å²) in [5, 5.41) is 0. The third-order valence-electron chi connectivity index (χ3n) is 2.87. The van der Waals surface area contributed by atoms with Crippen LogP contribution in [0.1, 0.15) is 66.2 Å². The highest BCUT2D eigenvalue weighted by Gasteiger charge is 2.15. The molecular formula is C15H30O2S. The third-order valence-corrected chi connectivity index (χ3v) is 3.19. The Morgan fingerprint density at radius 2 is 1.89 bits per heavy atom. The van der Waals surface area contributed by atoms with Gasteiger partial charge < -0.3 is 4.74 Å². The van der Waals surface area contributed by atoms with Gasteiger partial charge in [0.1, 0.15) is 0 Å². The van der Waals surface area contributed by atoms with Crippen LogP contribution in [0.4, 0.5) is 0 Å². The number of esters is 1. The second-order valence-electron chi connectivity index (χ2n) is 6.41. The number of carbonyl (C=O) groups excluding carboxylic acids is 1. The molecule has 0 aromatic carbocycles. The highest BCUT2D eigenvalue weighted by atomic mass is 32.1. The van der Waals surface area contributed by atoms with Crippen molar-refractivity contribution in [3.05, 3.63) is 0 Å². The number of rotatable bonds is 9. The van der Waals surface area contributed by atoms with E-state index in [1.165, 1.54) is 6.42 Å². The van der Waals surface area contributed by atoms with E-state index in [1.807, 2.05) is 0 Å². The van der Waals surface area contributed by atoms with Crippen LogP contribution in [0.25, 0.3) is 0 Å². The summed E-state index contributed by atoms with van der Waals surface area (Å²) in [4.78, 5) is 11.4. The largest absolute Gasteiger partial charge is 0.466 e. The molecule has 0 fully saturated rings. The van der Waals surface area contributed by atoms with Gasteiger partial charge in [-0.2, -0.15) is 12.6 Å². The van der Waals surface area contributed by atoms with Crippen molar-refractivity contribution in [2.45, 2.75) is 66.2 Å². The summed E-state index contributed by atoms with van der Waals surface area (Å²) in [6.07, 6.45) is 5.78. The van der Waals surface area contributed by atoms with Gasteiger partial charge in [-0.05, 0) is 42.8 Å². The average molecular weight is 274 g/mol. The molecule has 0 saturated heterocycles. The van der Waals surface area contributed by atoms with Crippen LogP contribution in [-0.2, 0) is 9.53 Å². The van der Waals surface area contributed by atoms with Gasteiger partial charge in [-0.3, -0.25) is 4.79 Å². The van der Waals surface area contributed by atoms with E-state index < -0.39 is 0 Å². The van der Waals surface area contributed by atoms with Crippen molar-refractivity contribution in [3.63, 3.8) is 0 Å². The molecule has 0 aliphatic rings. The fraction of sp³-hybridized carbons (Fsp3) is 0.933. The van der Waals surface area contributed by atoms with Gasteiger partial charge in [0.05, 0.1) is 6.61 Å². The van der Waals surface area contributed by atoms with Gasteiger partial charge in [0.15, 0.2) is 0 Å². The zero-order valence-corrected chi connectivity index (χ0v) is 13.4. The summed E-state index contributed by atoms with van der Waals surface area (Å²) in [5.74, 6) is 1.47. The second-order valence-corrected chi connectivity index (χ2v) is 6.86. The van der Waals surface area contributed by atoms with Crippen LogP contribution in [-0.4, -0.2) is 18.3 Å². The molecule has 0 aliphatic carbocycles. The Bertz CT molecular complexity index is 221. The van der Waals surface area contributed by atoms with E-state index in [1.54, 1.807) is 0 Å². The number of hydrogen-bond donors (Lipinski definition) is 1. The molecule has 0 aromatic rings. The zero-order valence-electron chi connectivity index (χ0n) is 12.5. The number of ether oxygens (including phenoxy) is 1. The first-order chi connectivity index (χ1) is 8.35. The summed E-state index contributed by atoms with van der Waals surface area (Å²) < 4.78 is 5.25. The molecule has 0 radical (unpaired) electrons. The highest BCUT2D eigenvalue weighted by molar-refractivity contribution is 7.80. The van der Waals surface area contributed by atoms with E-state index >= 15 is 0 Å². The number of thiol groups is 1. The van der Waals surface area contributed by atoms with E-state index in [2.05, 4.69) is 40.3 Å². The van der Waals surface area contributed by atoms with E-state index in [4.69, 9.17) is 4.74 Å². The molecule has 108 valence electrons. The summed E-state index contributed by atoms with van der Waals surface area (Å²) in [6.45, 7) is 9.54. The molecule has 1 unspecified atom stereocenters. The molecule has 18 heavy (non-hydrogen) atoms. The van der Waals surface area contributed by atoms with Crippen molar-refractivity contribution >= 4 is 18.6 Å². The Morgan fingerprint density at radius 3 is 2.44 bits per heavy atom. The minimum absolute atomic E-state index is 0.0443. The monoisotopic (exact) mass is 274 g/mol. The molecule has 0 aliphatic heterocycles. The number of carbonyl (C=O) groups is 1. The van der Waals surface area contributed by atoms with Crippen molar-refractivity contribution in [2.24, 2.45) is 11.3 Å². The van der Waals surface area contributed by atoms with Gasteiger partial charge in [-0.15, -0.1) is 0 Å². The van der Waals surface area contributed by atoms with Gasteiger partial charge in [0.2, 0.25) is 0 Å². The zero-order chi connectivity index (χ0) is 14.0. The molecule has 0 heterocycles. The third kappa shape index (κ3) is 12.3. The number of hydrogen-bond acceptors (Lipinski definition) is 3. The first-order valence-electron chi connectivity index (χ1n) is 7.11. The van der Waals surface area contributed by atoms with Crippen LogP contribution in [0.5, 0.6) is 0 Å². The van der Waals surface area contributed by atoms with E-state index in [0.717, 1.165) is 31.4 Å². The minimum atomic E-state index is -0.0443. The van der Waals surface area contributed by atoms with Gasteiger partial charge in [0, 0.05) is 6.42 Å². The Balaban J connectivity index is 3.50. The Labute approximate surface area is 118 Å². The Kier molecular flexibility index (Phi) is 9.61. The molecule has 0 N–H and O–H groups in total. The molecule has 0 amide bonds. The maximum absolute atomic E-state index is 11.4. The summed E-state index contributed by atoms with van der Waals surface area (Å²) >= 11 is 4.14. The van der Waals surface area contributed by atoms with Gasteiger partial charge in [-0.25, -0.2) is 0 Å². The number of unbranched alkanes of at least 4 members (excludes halogenated alkanes) is 2. The standard InChI is InChI=1S/C15H30O2S/c1-13(12-15(2,3)4)9-10-17-14(16)8-6-5-7-11-18/h13,18H,5-12H2,1-4H3. The lowest BCUT2D eigenvalue weighted by Gasteiger charge is -2.22. The van der Waals surface area contributed by atoms with Crippen LogP contribution in [0.15, 0.2) is 0 Å². The molecule has 0 bridgehead atoms. The van der Waals surface area contributed by atoms with Crippen LogP contribution in [0.3, 0.4) is 0 Å². The molecule has 1 atom stereocenters. The first-order valence-corrected chi connectivity index (χ1v) is 7.75. The maximum Gasteiger partial charge on any atom is 0.305 e. The van der Waals surface area contributed by atoms with Crippen LogP contribution in [0.2, 0.25) is 0 Å². The lowest BCUT2D eigenvalue weighted by Crippen LogP contribution is -2.14. The van der Waals surface area contributed by atoms with Gasteiger partial charge in [0.25, 0.3) is 0 Å². The summed E-state index contributed by atoms with van der Waals surface area (Å²) in [6, 6.07) is 0.